The summed E-state index contributed by atoms with van der Waals surface area (Å²) >= 11 is 0. The molecule has 1 fully saturated rings. The summed E-state index contributed by atoms with van der Waals surface area (Å²) in [5.41, 5.74) is 2.59. The lowest BCUT2D eigenvalue weighted by Gasteiger charge is -2.35. The molecule has 2 unspecified atom stereocenters. The number of aromatic nitrogens is 1. The summed E-state index contributed by atoms with van der Waals surface area (Å²) in [7, 11) is 2.21. The van der Waals surface area contributed by atoms with E-state index >= 15 is 0 Å². The molecule has 2 aromatic rings. The van der Waals surface area contributed by atoms with Crippen molar-refractivity contribution in [1.82, 2.24) is 15.2 Å². The van der Waals surface area contributed by atoms with E-state index in [1.165, 1.54) is 36.0 Å². The number of piperidine rings is 1. The molecule has 0 amide bonds. The Morgan fingerprint density at radius 3 is 3.11 bits per heavy atom. The van der Waals surface area contributed by atoms with E-state index in [1.807, 2.05) is 6.20 Å². The van der Waals surface area contributed by atoms with Crippen LogP contribution in [0.15, 0.2) is 30.5 Å². The highest BCUT2D eigenvalue weighted by Crippen LogP contribution is 2.17. The van der Waals surface area contributed by atoms with Gasteiger partial charge in [-0.2, -0.15) is 0 Å². The van der Waals surface area contributed by atoms with Crippen molar-refractivity contribution in [3.05, 3.63) is 36.0 Å². The Bertz CT molecular complexity index is 546. The van der Waals surface area contributed by atoms with E-state index in [9.17, 15) is 0 Å². The van der Waals surface area contributed by atoms with Crippen molar-refractivity contribution in [2.24, 2.45) is 5.92 Å². The van der Waals surface area contributed by atoms with Crippen LogP contribution in [0.1, 0.15) is 18.9 Å². The molecular formula is C16H23N3. The number of benzene rings is 1. The predicted octanol–water partition coefficient (Wildman–Crippen LogP) is 2.60. The average Bonchev–Trinajstić information content (AvgIpc) is 2.85. The Kier molecular flexibility index (Phi) is 3.58. The molecule has 0 aliphatic carbocycles. The van der Waals surface area contributed by atoms with E-state index in [-0.39, 0.29) is 0 Å². The predicted molar refractivity (Wildman–Crippen MR) is 80.2 cm³/mol. The number of hydrogen-bond acceptors (Lipinski definition) is 2. The van der Waals surface area contributed by atoms with E-state index in [2.05, 4.69) is 53.4 Å². The highest BCUT2D eigenvalue weighted by atomic mass is 15.1. The quantitative estimate of drug-likeness (QED) is 0.885. The number of likely N-dealkylation sites (tertiary alicyclic amines) is 1. The van der Waals surface area contributed by atoms with E-state index < -0.39 is 0 Å². The summed E-state index contributed by atoms with van der Waals surface area (Å²) in [6, 6.07) is 9.44. The molecule has 0 bridgehead atoms. The largest absolute Gasteiger partial charge is 0.361 e. The number of fused-ring (bicyclic) bond motifs is 1. The maximum Gasteiger partial charge on any atom is 0.0457 e. The second-order valence-electron chi connectivity index (χ2n) is 5.91. The zero-order chi connectivity index (χ0) is 13.2. The van der Waals surface area contributed by atoms with Crippen molar-refractivity contribution in [1.29, 1.82) is 0 Å². The van der Waals surface area contributed by atoms with E-state index in [0.717, 1.165) is 12.5 Å². The lowest BCUT2D eigenvalue weighted by molar-refractivity contribution is 0.174. The second-order valence-corrected chi connectivity index (χ2v) is 5.91. The summed E-state index contributed by atoms with van der Waals surface area (Å²) in [6.07, 6.45) is 3.25. The number of aromatic amines is 1. The van der Waals surface area contributed by atoms with Crippen molar-refractivity contribution in [2.75, 3.05) is 20.1 Å². The molecule has 0 spiro atoms. The first-order valence-corrected chi connectivity index (χ1v) is 7.20. The van der Waals surface area contributed by atoms with Gasteiger partial charge >= 0.3 is 0 Å². The average molecular weight is 257 g/mol. The smallest absolute Gasteiger partial charge is 0.0457 e. The molecule has 102 valence electrons. The van der Waals surface area contributed by atoms with Gasteiger partial charge in [0.25, 0.3) is 0 Å². The van der Waals surface area contributed by atoms with Crippen molar-refractivity contribution < 1.29 is 0 Å². The zero-order valence-electron chi connectivity index (χ0n) is 11.8. The first-order chi connectivity index (χ1) is 9.22. The van der Waals surface area contributed by atoms with Gasteiger partial charge in [-0.15, -0.1) is 0 Å². The fourth-order valence-corrected chi connectivity index (χ4v) is 3.11. The Morgan fingerprint density at radius 2 is 2.26 bits per heavy atom. The van der Waals surface area contributed by atoms with Crippen LogP contribution >= 0.6 is 0 Å². The topological polar surface area (TPSA) is 31.1 Å². The van der Waals surface area contributed by atoms with Crippen LogP contribution in [-0.2, 0) is 6.54 Å². The molecule has 1 aliphatic heterocycles. The number of nitrogens with one attached hydrogen (secondary N) is 2. The van der Waals surface area contributed by atoms with Crippen LogP contribution in [0, 0.1) is 5.92 Å². The molecule has 1 aromatic heterocycles. The van der Waals surface area contributed by atoms with Gasteiger partial charge in [-0.1, -0.05) is 19.1 Å². The molecular weight excluding hydrogens is 234 g/mol. The first kappa shape index (κ1) is 12.7. The number of nitrogens with zero attached hydrogens (tertiary/aromatic N) is 1. The van der Waals surface area contributed by atoms with Crippen molar-refractivity contribution in [3.63, 3.8) is 0 Å². The molecule has 1 aromatic carbocycles. The van der Waals surface area contributed by atoms with Gasteiger partial charge in [-0.3, -0.25) is 0 Å². The van der Waals surface area contributed by atoms with Gasteiger partial charge in [0.2, 0.25) is 0 Å². The number of rotatable bonds is 3. The SMILES string of the molecule is CC1CN(C)CCC1NCc1ccc2cc[nH]c2c1. The Morgan fingerprint density at radius 1 is 1.37 bits per heavy atom. The van der Waals surface area contributed by atoms with Gasteiger partial charge < -0.3 is 15.2 Å². The van der Waals surface area contributed by atoms with Crippen LogP contribution in [0.25, 0.3) is 10.9 Å². The van der Waals surface area contributed by atoms with Gasteiger partial charge in [0.1, 0.15) is 0 Å². The van der Waals surface area contributed by atoms with Gasteiger partial charge in [-0.25, -0.2) is 0 Å². The summed E-state index contributed by atoms with van der Waals surface area (Å²) in [4.78, 5) is 5.70. The summed E-state index contributed by atoms with van der Waals surface area (Å²) in [6.45, 7) is 5.72. The highest BCUT2D eigenvalue weighted by Gasteiger charge is 2.23. The van der Waals surface area contributed by atoms with Gasteiger partial charge in [0, 0.05) is 30.8 Å². The standard InChI is InChI=1S/C16H23N3/c1-12-11-19(2)8-6-15(12)18-10-13-3-4-14-5-7-17-16(14)9-13/h3-5,7,9,12,15,17-18H,6,8,10-11H2,1-2H3. The Hall–Kier alpha value is -1.32. The van der Waals surface area contributed by atoms with Crippen LogP contribution in [-0.4, -0.2) is 36.1 Å². The first-order valence-electron chi connectivity index (χ1n) is 7.20. The van der Waals surface area contributed by atoms with E-state index in [1.54, 1.807) is 0 Å². The van der Waals surface area contributed by atoms with Crippen molar-refractivity contribution in [2.45, 2.75) is 25.9 Å². The Balaban J connectivity index is 1.62. The minimum atomic E-state index is 0.649. The summed E-state index contributed by atoms with van der Waals surface area (Å²) in [5, 5.41) is 5.01. The molecule has 1 aliphatic rings. The molecule has 1 saturated heterocycles. The fraction of sp³-hybridized carbons (Fsp3) is 0.500. The van der Waals surface area contributed by atoms with Gasteiger partial charge in [0.15, 0.2) is 0 Å². The van der Waals surface area contributed by atoms with Crippen molar-refractivity contribution in [3.8, 4) is 0 Å². The minimum absolute atomic E-state index is 0.649. The summed E-state index contributed by atoms with van der Waals surface area (Å²) < 4.78 is 0. The lowest BCUT2D eigenvalue weighted by Crippen LogP contribution is -2.46. The normalized spacial score (nSPS) is 24.9. The third kappa shape index (κ3) is 2.82. The van der Waals surface area contributed by atoms with Crippen LogP contribution < -0.4 is 5.32 Å². The second kappa shape index (κ2) is 5.35. The maximum atomic E-state index is 3.72. The molecule has 3 nitrogen and oxygen atoms in total. The number of H-pyrrole nitrogens is 1. The summed E-state index contributed by atoms with van der Waals surface area (Å²) in [5.74, 6) is 0.730. The van der Waals surface area contributed by atoms with Crippen LogP contribution in [0.2, 0.25) is 0 Å². The molecule has 2 N–H and O–H groups in total. The molecule has 2 atom stereocenters. The monoisotopic (exact) mass is 257 g/mol. The third-order valence-electron chi connectivity index (χ3n) is 4.30. The molecule has 3 rings (SSSR count). The van der Waals surface area contributed by atoms with Gasteiger partial charge in [0.05, 0.1) is 0 Å². The molecule has 3 heteroatoms. The van der Waals surface area contributed by atoms with E-state index in [0.29, 0.717) is 6.04 Å². The third-order valence-corrected chi connectivity index (χ3v) is 4.30. The minimum Gasteiger partial charge on any atom is -0.361 e. The molecule has 0 radical (unpaired) electrons. The molecule has 2 heterocycles. The van der Waals surface area contributed by atoms with Crippen molar-refractivity contribution >= 4 is 10.9 Å². The number of hydrogen-bond donors (Lipinski definition) is 2. The molecule has 0 saturated carbocycles. The fourth-order valence-electron chi connectivity index (χ4n) is 3.11. The molecule has 19 heavy (non-hydrogen) atoms. The highest BCUT2D eigenvalue weighted by molar-refractivity contribution is 5.79. The van der Waals surface area contributed by atoms with Crippen LogP contribution in [0.5, 0.6) is 0 Å². The maximum absolute atomic E-state index is 3.72. The lowest BCUT2D eigenvalue weighted by atomic mass is 9.94. The zero-order valence-corrected chi connectivity index (χ0v) is 11.8. The van der Waals surface area contributed by atoms with Gasteiger partial charge in [-0.05, 0) is 49.0 Å². The Labute approximate surface area is 115 Å². The van der Waals surface area contributed by atoms with Crippen LogP contribution in [0.4, 0.5) is 0 Å². The van der Waals surface area contributed by atoms with E-state index in [4.69, 9.17) is 0 Å². The van der Waals surface area contributed by atoms with Crippen LogP contribution in [0.3, 0.4) is 0 Å².